The first kappa shape index (κ1) is 24.3. The Labute approximate surface area is 169 Å². The van der Waals surface area contributed by atoms with Crippen molar-refractivity contribution in [3.63, 3.8) is 0 Å². The van der Waals surface area contributed by atoms with E-state index in [0.717, 1.165) is 19.3 Å². The molecule has 1 saturated carbocycles. The van der Waals surface area contributed by atoms with E-state index in [4.69, 9.17) is 9.84 Å². The third-order valence-corrected chi connectivity index (χ3v) is 5.13. The molecule has 1 rings (SSSR count). The summed E-state index contributed by atoms with van der Waals surface area (Å²) < 4.78 is 5.46. The van der Waals surface area contributed by atoms with Crippen LogP contribution in [0.25, 0.3) is 0 Å². The van der Waals surface area contributed by atoms with Crippen LogP contribution >= 0.6 is 0 Å². The fraction of sp³-hybridized carbons (Fsp3) is 0.609. The Hall–Kier alpha value is -1.69. The highest BCUT2D eigenvalue weighted by molar-refractivity contribution is 5.79. The van der Waals surface area contributed by atoms with E-state index in [-0.39, 0.29) is 17.6 Å². The van der Waals surface area contributed by atoms with Crippen molar-refractivity contribution < 1.29 is 24.9 Å². The highest BCUT2D eigenvalue weighted by Gasteiger charge is 2.47. The Bertz CT molecular complexity index is 551. The summed E-state index contributed by atoms with van der Waals surface area (Å²) in [5, 5.41) is 29.5. The molecule has 0 saturated heterocycles. The Morgan fingerprint density at radius 3 is 2.79 bits per heavy atom. The normalized spacial score (nSPS) is 26.4. The van der Waals surface area contributed by atoms with Crippen LogP contribution in [0.3, 0.4) is 0 Å². The number of hydrogen-bond acceptors (Lipinski definition) is 5. The average Bonchev–Trinajstić information content (AvgIpc) is 2.98. The molecule has 1 aliphatic carbocycles. The fourth-order valence-electron chi connectivity index (χ4n) is 3.60. The third-order valence-electron chi connectivity index (χ3n) is 5.13. The second-order valence-corrected chi connectivity index (χ2v) is 7.30. The zero-order chi connectivity index (χ0) is 20.8. The molecule has 3 N–H and O–H groups in total. The summed E-state index contributed by atoms with van der Waals surface area (Å²) >= 11 is 0. The van der Waals surface area contributed by atoms with Gasteiger partial charge in [0.25, 0.3) is 0 Å². The van der Waals surface area contributed by atoms with Crippen LogP contribution in [-0.2, 0) is 9.53 Å². The number of aliphatic hydroxyl groups excluding tert-OH is 2. The van der Waals surface area contributed by atoms with Crippen molar-refractivity contribution in [2.45, 2.75) is 70.2 Å². The van der Waals surface area contributed by atoms with Crippen LogP contribution < -0.4 is 0 Å². The van der Waals surface area contributed by atoms with Gasteiger partial charge in [0.05, 0.1) is 12.4 Å². The molecule has 1 fully saturated rings. The Morgan fingerprint density at radius 1 is 1.32 bits per heavy atom. The maximum atomic E-state index is 11.1. The highest BCUT2D eigenvalue weighted by Crippen LogP contribution is 2.44. The van der Waals surface area contributed by atoms with Crippen LogP contribution in [0.5, 0.6) is 0 Å². The van der Waals surface area contributed by atoms with Gasteiger partial charge in [-0.05, 0) is 44.4 Å². The van der Waals surface area contributed by atoms with E-state index in [0.29, 0.717) is 32.1 Å². The summed E-state index contributed by atoms with van der Waals surface area (Å²) in [5.74, 6) is -1.30. The molecule has 0 spiro atoms. The molecule has 5 nitrogen and oxygen atoms in total. The molecule has 28 heavy (non-hydrogen) atoms. The lowest BCUT2D eigenvalue weighted by atomic mass is 9.88. The van der Waals surface area contributed by atoms with Gasteiger partial charge in [0.2, 0.25) is 5.79 Å². The van der Waals surface area contributed by atoms with E-state index in [2.05, 4.69) is 12.7 Å². The third kappa shape index (κ3) is 8.55. The summed E-state index contributed by atoms with van der Waals surface area (Å²) in [6, 6.07) is 0. The SMILES string of the molecule is C=COC1(O)CC[C@H](C=CCC(O)C=CCC)[C@H]1CC=CCCCC(=O)CO. The minimum absolute atomic E-state index is 0.0969. The molecule has 5 heteroatoms. The molecule has 4 atom stereocenters. The first-order valence-electron chi connectivity index (χ1n) is 10.3. The number of ether oxygens (including phenoxy) is 1. The first-order chi connectivity index (χ1) is 13.5. The predicted molar refractivity (Wildman–Crippen MR) is 111 cm³/mol. The van der Waals surface area contributed by atoms with Crippen molar-refractivity contribution in [3.8, 4) is 0 Å². The van der Waals surface area contributed by atoms with Gasteiger partial charge in [-0.25, -0.2) is 0 Å². The molecule has 0 aromatic rings. The second kappa shape index (κ2) is 13.5. The zero-order valence-corrected chi connectivity index (χ0v) is 17.0. The van der Waals surface area contributed by atoms with E-state index < -0.39 is 18.5 Å². The predicted octanol–water partition coefficient (Wildman–Crippen LogP) is 3.81. The molecule has 0 aromatic carbocycles. The molecule has 158 valence electrons. The molecule has 0 bridgehead atoms. The van der Waals surface area contributed by atoms with Crippen molar-refractivity contribution in [2.75, 3.05) is 6.61 Å². The maximum absolute atomic E-state index is 11.1. The number of Topliss-reactive ketones (excluding diaryl/α,β-unsaturated/α-hetero) is 1. The van der Waals surface area contributed by atoms with Crippen molar-refractivity contribution in [1.29, 1.82) is 0 Å². The van der Waals surface area contributed by atoms with Gasteiger partial charge in [-0.1, -0.05) is 50.0 Å². The van der Waals surface area contributed by atoms with Gasteiger partial charge in [-0.2, -0.15) is 0 Å². The van der Waals surface area contributed by atoms with Gasteiger partial charge in [0, 0.05) is 18.8 Å². The van der Waals surface area contributed by atoms with Gasteiger partial charge in [-0.3, -0.25) is 4.79 Å². The maximum Gasteiger partial charge on any atom is 0.210 e. The number of hydrogen-bond donors (Lipinski definition) is 3. The van der Waals surface area contributed by atoms with Crippen LogP contribution in [0.4, 0.5) is 0 Å². The quantitative estimate of drug-likeness (QED) is 0.181. The molecule has 0 aromatic heterocycles. The topological polar surface area (TPSA) is 87.0 Å². The summed E-state index contributed by atoms with van der Waals surface area (Å²) in [4.78, 5) is 11.1. The lowest BCUT2D eigenvalue weighted by Gasteiger charge is -2.30. The minimum atomic E-state index is -1.23. The second-order valence-electron chi connectivity index (χ2n) is 7.30. The van der Waals surface area contributed by atoms with Gasteiger partial charge < -0.3 is 20.1 Å². The fourth-order valence-corrected chi connectivity index (χ4v) is 3.60. The summed E-state index contributed by atoms with van der Waals surface area (Å²) in [6.07, 6.45) is 18.0. The molecule has 0 radical (unpaired) electrons. The van der Waals surface area contributed by atoms with E-state index >= 15 is 0 Å². The molecule has 0 amide bonds. The van der Waals surface area contributed by atoms with Crippen molar-refractivity contribution >= 4 is 5.78 Å². The van der Waals surface area contributed by atoms with Crippen LogP contribution in [0.1, 0.15) is 58.3 Å². The van der Waals surface area contributed by atoms with E-state index in [9.17, 15) is 15.0 Å². The van der Waals surface area contributed by atoms with E-state index in [1.807, 2.05) is 31.2 Å². The van der Waals surface area contributed by atoms with Crippen molar-refractivity contribution in [2.24, 2.45) is 11.8 Å². The van der Waals surface area contributed by atoms with Crippen LogP contribution in [0.15, 0.2) is 49.3 Å². The summed E-state index contributed by atoms with van der Waals surface area (Å²) in [5.41, 5.74) is 0. The molecule has 1 aliphatic rings. The van der Waals surface area contributed by atoms with Crippen molar-refractivity contribution in [1.82, 2.24) is 0 Å². The van der Waals surface area contributed by atoms with E-state index in [1.54, 1.807) is 6.08 Å². The molecular weight excluding hydrogens is 356 g/mol. The molecular formula is C23H36O5. The van der Waals surface area contributed by atoms with Crippen molar-refractivity contribution in [3.05, 3.63) is 49.3 Å². The average molecular weight is 393 g/mol. The van der Waals surface area contributed by atoms with E-state index in [1.165, 1.54) is 6.26 Å². The highest BCUT2D eigenvalue weighted by atomic mass is 16.6. The van der Waals surface area contributed by atoms with Gasteiger partial charge in [0.15, 0.2) is 5.78 Å². The van der Waals surface area contributed by atoms with Crippen LogP contribution in [0.2, 0.25) is 0 Å². The molecule has 0 heterocycles. The minimum Gasteiger partial charge on any atom is -0.470 e. The Balaban J connectivity index is 2.61. The van der Waals surface area contributed by atoms with Gasteiger partial charge >= 0.3 is 0 Å². The molecule has 0 aliphatic heterocycles. The number of unbranched alkanes of at least 4 members (excludes halogenated alkanes) is 1. The Morgan fingerprint density at radius 2 is 2.11 bits per heavy atom. The largest absolute Gasteiger partial charge is 0.470 e. The monoisotopic (exact) mass is 392 g/mol. The standard InChI is InChI=1S/C23H36O5/c1-3-5-12-20(25)14-10-11-19-16-17-23(27,28-4-2)22(19)15-9-7-6-8-13-21(26)18-24/h4-5,7,9-12,19-20,22,24-25,27H,2-3,6,8,13-18H2,1H3/t19-,20?,22+,23?/m0/s1. The lowest BCUT2D eigenvalue weighted by molar-refractivity contribution is -0.192. The number of allylic oxidation sites excluding steroid dienone is 4. The van der Waals surface area contributed by atoms with Crippen LogP contribution in [-0.4, -0.2) is 39.6 Å². The first-order valence-corrected chi connectivity index (χ1v) is 10.3. The summed E-state index contributed by atoms with van der Waals surface area (Å²) in [6.45, 7) is 5.21. The smallest absolute Gasteiger partial charge is 0.210 e. The van der Waals surface area contributed by atoms with Gasteiger partial charge in [-0.15, -0.1) is 0 Å². The summed E-state index contributed by atoms with van der Waals surface area (Å²) in [7, 11) is 0. The number of carbonyl (C=O) groups excluding carboxylic acids is 1. The number of carbonyl (C=O) groups is 1. The zero-order valence-electron chi connectivity index (χ0n) is 17.0. The Kier molecular flexibility index (Phi) is 11.7. The number of rotatable bonds is 14. The van der Waals surface area contributed by atoms with Crippen LogP contribution in [0, 0.1) is 11.8 Å². The number of aliphatic hydroxyl groups is 3. The number of ketones is 1. The lowest BCUT2D eigenvalue weighted by Crippen LogP contribution is -2.36. The molecule has 2 unspecified atom stereocenters. The van der Waals surface area contributed by atoms with Gasteiger partial charge in [0.1, 0.15) is 6.61 Å².